The number of nitrogens with zero attached hydrogens (tertiary/aromatic N) is 1. The lowest BCUT2D eigenvalue weighted by Gasteiger charge is -2.12. The van der Waals surface area contributed by atoms with Crippen LogP contribution in [-0.4, -0.2) is 24.1 Å². The maximum Gasteiger partial charge on any atom is 0.246 e. The normalized spacial score (nSPS) is 10.5. The molecular weight excluding hydrogens is 416 g/mol. The van der Waals surface area contributed by atoms with Gasteiger partial charge < -0.3 is 19.5 Å². The molecule has 3 aromatic rings. The number of benzene rings is 2. The second kappa shape index (κ2) is 11.9. The van der Waals surface area contributed by atoms with Gasteiger partial charge in [0.1, 0.15) is 18.1 Å². The van der Waals surface area contributed by atoms with Gasteiger partial charge in [-0.15, -0.1) is 0 Å². The molecular formula is C24H25ClN2O4. The summed E-state index contributed by atoms with van der Waals surface area (Å²) in [6, 6.07) is 18.4. The Bertz CT molecular complexity index is 979. The first kappa shape index (κ1) is 22.6. The smallest absolute Gasteiger partial charge is 0.246 e. The number of hydrogen-bond donors (Lipinski definition) is 1. The Morgan fingerprint density at radius 2 is 1.74 bits per heavy atom. The molecule has 0 fully saturated rings. The van der Waals surface area contributed by atoms with Crippen molar-refractivity contribution in [1.29, 1.82) is 0 Å². The number of nitrogens with one attached hydrogen (secondary N) is 1. The summed E-state index contributed by atoms with van der Waals surface area (Å²) in [5, 5.41) is 3.44. The van der Waals surface area contributed by atoms with Crippen LogP contribution in [0.3, 0.4) is 0 Å². The fourth-order valence-corrected chi connectivity index (χ4v) is 2.89. The van der Waals surface area contributed by atoms with Crippen molar-refractivity contribution in [2.45, 2.75) is 26.5 Å². The van der Waals surface area contributed by atoms with E-state index in [-0.39, 0.29) is 25.7 Å². The number of carbonyl (C=O) groups excluding carboxylic acids is 1. The minimum atomic E-state index is -0.237. The molecule has 162 valence electrons. The molecule has 0 atom stereocenters. The van der Waals surface area contributed by atoms with Gasteiger partial charge in [0.25, 0.3) is 0 Å². The molecule has 0 aliphatic rings. The largest absolute Gasteiger partial charge is 0.494 e. The van der Waals surface area contributed by atoms with Crippen molar-refractivity contribution in [2.75, 3.05) is 13.2 Å². The van der Waals surface area contributed by atoms with Crippen LogP contribution in [0.4, 0.5) is 0 Å². The number of carbonyl (C=O) groups is 1. The van der Waals surface area contributed by atoms with Crippen LogP contribution >= 0.6 is 11.6 Å². The van der Waals surface area contributed by atoms with Gasteiger partial charge in [0, 0.05) is 23.3 Å². The molecule has 3 rings (SSSR count). The molecule has 7 heteroatoms. The highest BCUT2D eigenvalue weighted by molar-refractivity contribution is 6.31. The molecule has 0 aliphatic heterocycles. The molecule has 1 N–H and O–H groups in total. The molecule has 2 aromatic carbocycles. The number of hydrogen-bond acceptors (Lipinski definition) is 5. The average Bonchev–Trinajstić information content (AvgIpc) is 2.79. The van der Waals surface area contributed by atoms with Crippen LogP contribution < -0.4 is 14.8 Å². The molecule has 1 amide bonds. The average molecular weight is 441 g/mol. The molecule has 0 bridgehead atoms. The van der Waals surface area contributed by atoms with Crippen molar-refractivity contribution in [3.05, 3.63) is 83.0 Å². The maximum absolute atomic E-state index is 12.1. The molecule has 31 heavy (non-hydrogen) atoms. The standard InChI is InChI=1S/C24H25ClN2O4/c1-2-14-30-20-9-11-21(12-10-20)31-24-18(7-5-13-26-24)15-27-23(28)17-29-16-19-6-3-4-8-22(19)25/h3-13H,2,14-17H2,1H3,(H,27,28). The fraction of sp³-hybridized carbons (Fsp3) is 0.250. The molecule has 0 aliphatic carbocycles. The second-order valence-corrected chi connectivity index (χ2v) is 7.16. The summed E-state index contributed by atoms with van der Waals surface area (Å²) in [6.07, 6.45) is 2.60. The predicted octanol–water partition coefficient (Wildman–Crippen LogP) is 5.15. The third-order valence-electron chi connectivity index (χ3n) is 4.29. The molecule has 6 nitrogen and oxygen atoms in total. The zero-order chi connectivity index (χ0) is 21.9. The van der Waals surface area contributed by atoms with Crippen molar-refractivity contribution >= 4 is 17.5 Å². The van der Waals surface area contributed by atoms with Crippen LogP contribution in [0.25, 0.3) is 0 Å². The summed E-state index contributed by atoms with van der Waals surface area (Å²) in [5.74, 6) is 1.62. The number of ether oxygens (including phenoxy) is 3. The van der Waals surface area contributed by atoms with Crippen molar-refractivity contribution in [3.8, 4) is 17.4 Å². The molecule has 0 saturated carbocycles. The van der Waals surface area contributed by atoms with E-state index in [1.54, 1.807) is 18.3 Å². The van der Waals surface area contributed by atoms with Gasteiger partial charge in [-0.3, -0.25) is 4.79 Å². The number of amides is 1. The molecule has 0 radical (unpaired) electrons. The highest BCUT2D eigenvalue weighted by Gasteiger charge is 2.09. The van der Waals surface area contributed by atoms with Gasteiger partial charge >= 0.3 is 0 Å². The summed E-state index contributed by atoms with van der Waals surface area (Å²) in [6.45, 7) is 3.21. The third-order valence-corrected chi connectivity index (χ3v) is 4.65. The van der Waals surface area contributed by atoms with Crippen molar-refractivity contribution < 1.29 is 19.0 Å². The first-order valence-corrected chi connectivity index (χ1v) is 10.5. The minimum Gasteiger partial charge on any atom is -0.494 e. The zero-order valence-corrected chi connectivity index (χ0v) is 18.1. The Hall–Kier alpha value is -3.09. The van der Waals surface area contributed by atoms with Crippen LogP contribution in [0.5, 0.6) is 17.4 Å². The zero-order valence-electron chi connectivity index (χ0n) is 17.3. The van der Waals surface area contributed by atoms with Crippen molar-refractivity contribution in [1.82, 2.24) is 10.3 Å². The summed E-state index contributed by atoms with van der Waals surface area (Å²) in [5.41, 5.74) is 1.60. The van der Waals surface area contributed by atoms with Crippen LogP contribution in [0.1, 0.15) is 24.5 Å². The van der Waals surface area contributed by atoms with Gasteiger partial charge in [0.05, 0.1) is 13.2 Å². The number of halogens is 1. The summed E-state index contributed by atoms with van der Waals surface area (Å²) >= 11 is 6.09. The van der Waals surface area contributed by atoms with E-state index in [9.17, 15) is 4.79 Å². The highest BCUT2D eigenvalue weighted by Crippen LogP contribution is 2.25. The number of pyridine rings is 1. The van der Waals surface area contributed by atoms with Crippen molar-refractivity contribution in [3.63, 3.8) is 0 Å². The monoisotopic (exact) mass is 440 g/mol. The van der Waals surface area contributed by atoms with E-state index >= 15 is 0 Å². The van der Waals surface area contributed by atoms with Gasteiger partial charge in [0.15, 0.2) is 0 Å². The van der Waals surface area contributed by atoms with E-state index in [1.165, 1.54) is 0 Å². The van der Waals surface area contributed by atoms with E-state index in [2.05, 4.69) is 17.2 Å². The van der Waals surface area contributed by atoms with Gasteiger partial charge in [0.2, 0.25) is 11.8 Å². The van der Waals surface area contributed by atoms with Crippen LogP contribution in [0, 0.1) is 0 Å². The Balaban J connectivity index is 1.49. The van der Waals surface area contributed by atoms with Crippen molar-refractivity contribution in [2.24, 2.45) is 0 Å². The van der Waals surface area contributed by atoms with Gasteiger partial charge in [-0.25, -0.2) is 4.98 Å². The predicted molar refractivity (Wildman–Crippen MR) is 119 cm³/mol. The minimum absolute atomic E-state index is 0.0686. The van der Waals surface area contributed by atoms with E-state index in [1.807, 2.05) is 48.5 Å². The fourth-order valence-electron chi connectivity index (χ4n) is 2.70. The topological polar surface area (TPSA) is 69.7 Å². The Kier molecular flexibility index (Phi) is 8.70. The van der Waals surface area contributed by atoms with Gasteiger partial charge in [-0.2, -0.15) is 0 Å². The Labute approximate surface area is 187 Å². The summed E-state index contributed by atoms with van der Waals surface area (Å²) in [7, 11) is 0. The van der Waals surface area contributed by atoms with E-state index in [0.717, 1.165) is 23.3 Å². The quantitative estimate of drug-likeness (QED) is 0.446. The lowest BCUT2D eigenvalue weighted by molar-refractivity contribution is -0.126. The van der Waals surface area contributed by atoms with Crippen LogP contribution in [0.15, 0.2) is 66.9 Å². The molecule has 0 unspecified atom stereocenters. The molecule has 1 heterocycles. The maximum atomic E-state index is 12.1. The summed E-state index contributed by atoms with van der Waals surface area (Å²) < 4.78 is 16.9. The Morgan fingerprint density at radius 1 is 1.00 bits per heavy atom. The van der Waals surface area contributed by atoms with Crippen LogP contribution in [-0.2, 0) is 22.7 Å². The molecule has 0 spiro atoms. The summed E-state index contributed by atoms with van der Waals surface area (Å²) in [4.78, 5) is 16.4. The van der Waals surface area contributed by atoms with Gasteiger partial charge in [-0.05, 0) is 48.4 Å². The SMILES string of the molecule is CCCOc1ccc(Oc2ncccc2CNC(=O)COCc2ccccc2Cl)cc1. The first-order valence-electron chi connectivity index (χ1n) is 10.1. The molecule has 0 saturated heterocycles. The van der Waals surface area contributed by atoms with E-state index < -0.39 is 0 Å². The van der Waals surface area contributed by atoms with Gasteiger partial charge in [-0.1, -0.05) is 42.8 Å². The second-order valence-electron chi connectivity index (χ2n) is 6.75. The number of rotatable bonds is 11. The third kappa shape index (κ3) is 7.27. The van der Waals surface area contributed by atoms with E-state index in [0.29, 0.717) is 23.3 Å². The number of aromatic nitrogens is 1. The lowest BCUT2D eigenvalue weighted by Crippen LogP contribution is -2.27. The van der Waals surface area contributed by atoms with Crippen LogP contribution in [0.2, 0.25) is 5.02 Å². The lowest BCUT2D eigenvalue weighted by atomic mass is 10.2. The molecule has 1 aromatic heterocycles. The highest BCUT2D eigenvalue weighted by atomic mass is 35.5. The van der Waals surface area contributed by atoms with E-state index in [4.69, 9.17) is 25.8 Å². The first-order chi connectivity index (χ1) is 15.2. The Morgan fingerprint density at radius 3 is 2.52 bits per heavy atom.